The van der Waals surface area contributed by atoms with E-state index in [1.54, 1.807) is 52.0 Å². The molecule has 0 fully saturated rings. The average Bonchev–Trinajstić information content (AvgIpc) is 2.93. The van der Waals surface area contributed by atoms with E-state index in [1.807, 2.05) is 12.1 Å². The van der Waals surface area contributed by atoms with Gasteiger partial charge in [0.25, 0.3) is 0 Å². The van der Waals surface area contributed by atoms with Gasteiger partial charge in [-0.05, 0) is 62.8 Å². The molecule has 0 amide bonds. The fourth-order valence-electron chi connectivity index (χ4n) is 4.13. The number of aryl methyl sites for hydroxylation is 4. The number of ether oxygens (including phenoxy) is 2. The predicted octanol–water partition coefficient (Wildman–Crippen LogP) is 7.05. The first-order chi connectivity index (χ1) is 20.2. The Balaban J connectivity index is 1.37. The van der Waals surface area contributed by atoms with E-state index < -0.39 is 24.2 Å². The number of rotatable bonds is 17. The molecule has 0 radical (unpaired) electrons. The molecule has 0 bridgehead atoms. The van der Waals surface area contributed by atoms with Crippen LogP contribution in [-0.2, 0) is 39.1 Å². The molecule has 0 saturated carbocycles. The number of benzene rings is 2. The Kier molecular flexibility index (Phi) is 15.4. The van der Waals surface area contributed by atoms with Crippen molar-refractivity contribution in [2.75, 3.05) is 13.2 Å². The number of carbonyl (C=O) groups is 4. The van der Waals surface area contributed by atoms with Crippen molar-refractivity contribution < 1.29 is 58.3 Å². The van der Waals surface area contributed by atoms with Crippen LogP contribution < -0.4 is 0 Å². The highest BCUT2D eigenvalue weighted by molar-refractivity contribution is 5.92. The molecule has 12 nitrogen and oxygen atoms in total. The number of unbranched alkanes of at least 4 members (excludes halogenated alkanes) is 7. The van der Waals surface area contributed by atoms with E-state index in [1.165, 1.54) is 0 Å². The molecule has 12 heteroatoms. The van der Waals surface area contributed by atoms with Crippen LogP contribution in [0.4, 0.5) is 9.59 Å². The molecule has 230 valence electrons. The van der Waals surface area contributed by atoms with Gasteiger partial charge in [0.1, 0.15) is 0 Å². The van der Waals surface area contributed by atoms with Crippen LogP contribution in [0.1, 0.15) is 94.3 Å². The lowest BCUT2D eigenvalue weighted by molar-refractivity contribution is -0.452. The van der Waals surface area contributed by atoms with E-state index in [4.69, 9.17) is 9.47 Å². The van der Waals surface area contributed by atoms with Crippen LogP contribution in [0, 0.1) is 27.7 Å². The zero-order chi connectivity index (χ0) is 30.7. The maximum Gasteiger partial charge on any atom is 0.543 e. The van der Waals surface area contributed by atoms with Gasteiger partial charge in [0.05, 0.1) is 34.4 Å². The van der Waals surface area contributed by atoms with Gasteiger partial charge < -0.3 is 9.47 Å². The highest BCUT2D eigenvalue weighted by Gasteiger charge is 2.17. The summed E-state index contributed by atoms with van der Waals surface area (Å²) in [7, 11) is 0. The second kappa shape index (κ2) is 19.1. The third-order valence-electron chi connectivity index (χ3n) is 6.27. The number of carbonyl (C=O) groups excluding carboxylic acids is 4. The molecule has 0 heterocycles. The van der Waals surface area contributed by atoms with Gasteiger partial charge in [-0.2, -0.15) is 0 Å². The van der Waals surface area contributed by atoms with E-state index in [0.29, 0.717) is 46.2 Å². The lowest BCUT2D eigenvalue weighted by Gasteiger charge is -2.08. The molecule has 0 aliphatic rings. The van der Waals surface area contributed by atoms with Crippen molar-refractivity contribution in [3.8, 4) is 0 Å². The molecule has 2 rings (SSSR count). The normalized spacial score (nSPS) is 10.5. The standard InChI is InChI=1S/C30H38O12/c1-21-15-13-16-22(2)25(21)27(31)37-41-39-29(33)35-19-11-9-7-5-6-8-10-12-20-36-30(34)40-42-38-28(32)26-23(3)17-14-18-24(26)4/h13-18H,5-12,19-20H2,1-4H3. The molecule has 0 atom stereocenters. The van der Waals surface area contributed by atoms with Crippen LogP contribution in [0.5, 0.6) is 0 Å². The van der Waals surface area contributed by atoms with Crippen molar-refractivity contribution >= 4 is 24.2 Å². The molecule has 2 aromatic carbocycles. The zero-order valence-corrected chi connectivity index (χ0v) is 24.4. The zero-order valence-electron chi connectivity index (χ0n) is 24.4. The first-order valence-corrected chi connectivity index (χ1v) is 13.8. The quantitative estimate of drug-likeness (QED) is 0.0805. The van der Waals surface area contributed by atoms with Crippen LogP contribution in [0.2, 0.25) is 0 Å². The number of hydrogen-bond acceptors (Lipinski definition) is 12. The van der Waals surface area contributed by atoms with Crippen molar-refractivity contribution in [1.29, 1.82) is 0 Å². The molecule has 0 aliphatic heterocycles. The van der Waals surface area contributed by atoms with E-state index in [2.05, 4.69) is 29.6 Å². The lowest BCUT2D eigenvalue weighted by Crippen LogP contribution is -2.14. The fraction of sp³-hybridized carbons (Fsp3) is 0.467. The molecule has 42 heavy (non-hydrogen) atoms. The minimum Gasteiger partial charge on any atom is -0.432 e. The number of hydrogen-bond donors (Lipinski definition) is 0. The summed E-state index contributed by atoms with van der Waals surface area (Å²) in [6.07, 6.45) is 4.75. The Morgan fingerprint density at radius 1 is 0.476 bits per heavy atom. The van der Waals surface area contributed by atoms with E-state index >= 15 is 0 Å². The molecule has 2 aromatic rings. The van der Waals surface area contributed by atoms with E-state index in [-0.39, 0.29) is 13.2 Å². The molecule has 0 unspecified atom stereocenters. The molecule has 0 aliphatic carbocycles. The first-order valence-electron chi connectivity index (χ1n) is 13.8. The Hall–Kier alpha value is -4.16. The van der Waals surface area contributed by atoms with Crippen LogP contribution in [0.3, 0.4) is 0 Å². The van der Waals surface area contributed by atoms with Gasteiger partial charge in [0.15, 0.2) is 0 Å². The summed E-state index contributed by atoms with van der Waals surface area (Å²) in [4.78, 5) is 64.8. The van der Waals surface area contributed by atoms with Gasteiger partial charge in [-0.3, -0.25) is 9.78 Å². The van der Waals surface area contributed by atoms with Crippen molar-refractivity contribution in [2.24, 2.45) is 0 Å². The predicted molar refractivity (Wildman–Crippen MR) is 147 cm³/mol. The monoisotopic (exact) mass is 590 g/mol. The van der Waals surface area contributed by atoms with E-state index in [0.717, 1.165) is 38.5 Å². The van der Waals surface area contributed by atoms with Gasteiger partial charge in [-0.1, -0.05) is 74.9 Å². The molecule has 0 spiro atoms. The van der Waals surface area contributed by atoms with Crippen LogP contribution in [-0.4, -0.2) is 37.5 Å². The Morgan fingerprint density at radius 3 is 1.12 bits per heavy atom. The van der Waals surface area contributed by atoms with Crippen molar-refractivity contribution in [2.45, 2.75) is 79.1 Å². The van der Waals surface area contributed by atoms with Gasteiger partial charge in [-0.15, -0.1) is 0 Å². The largest absolute Gasteiger partial charge is 0.543 e. The Bertz CT molecular complexity index is 1040. The topological polar surface area (TPSA) is 142 Å². The maximum absolute atomic E-state index is 12.0. The second-order valence-corrected chi connectivity index (χ2v) is 9.60. The van der Waals surface area contributed by atoms with Crippen LogP contribution in [0.15, 0.2) is 36.4 Å². The lowest BCUT2D eigenvalue weighted by atomic mass is 10.0. The Morgan fingerprint density at radius 2 is 0.786 bits per heavy atom. The summed E-state index contributed by atoms with van der Waals surface area (Å²) in [6, 6.07) is 10.6. The summed E-state index contributed by atoms with van der Waals surface area (Å²) in [5, 5.41) is 8.50. The summed E-state index contributed by atoms with van der Waals surface area (Å²) in [6.45, 7) is 7.31. The van der Waals surface area contributed by atoms with Crippen molar-refractivity contribution in [1.82, 2.24) is 0 Å². The van der Waals surface area contributed by atoms with Gasteiger partial charge in [0, 0.05) is 0 Å². The summed E-state index contributed by atoms with van der Waals surface area (Å²) < 4.78 is 9.74. The molecule has 0 saturated heterocycles. The third-order valence-corrected chi connectivity index (χ3v) is 6.27. The first kappa shape index (κ1) is 34.0. The SMILES string of the molecule is Cc1cccc(C)c1C(=O)OOOC(=O)OCCCCCCCCCCOC(=O)OOOC(=O)c1c(C)cccc1C. The molecule has 0 N–H and O–H groups in total. The Labute approximate surface area is 244 Å². The smallest absolute Gasteiger partial charge is 0.432 e. The van der Waals surface area contributed by atoms with Crippen LogP contribution in [0.25, 0.3) is 0 Å². The summed E-state index contributed by atoms with van der Waals surface area (Å²) in [5.41, 5.74) is 3.51. The minimum atomic E-state index is -1.10. The maximum atomic E-state index is 12.0. The average molecular weight is 591 g/mol. The molecule has 0 aromatic heterocycles. The third kappa shape index (κ3) is 12.6. The van der Waals surface area contributed by atoms with Crippen LogP contribution >= 0.6 is 0 Å². The van der Waals surface area contributed by atoms with Crippen molar-refractivity contribution in [3.05, 3.63) is 69.8 Å². The van der Waals surface area contributed by atoms with Gasteiger partial charge in [0.2, 0.25) is 0 Å². The molecular formula is C30H38O12. The summed E-state index contributed by atoms with van der Waals surface area (Å²) in [5.74, 6) is -1.54. The van der Waals surface area contributed by atoms with Crippen molar-refractivity contribution in [3.63, 3.8) is 0 Å². The van der Waals surface area contributed by atoms with E-state index in [9.17, 15) is 19.2 Å². The minimum absolute atomic E-state index is 0.148. The second-order valence-electron chi connectivity index (χ2n) is 9.60. The molecular weight excluding hydrogens is 552 g/mol. The highest BCUT2D eigenvalue weighted by Crippen LogP contribution is 2.16. The fourth-order valence-corrected chi connectivity index (χ4v) is 4.13. The van der Waals surface area contributed by atoms with Gasteiger partial charge in [-0.25, -0.2) is 29.0 Å². The highest BCUT2D eigenvalue weighted by atomic mass is 17.5. The summed E-state index contributed by atoms with van der Waals surface area (Å²) >= 11 is 0. The van der Waals surface area contributed by atoms with Gasteiger partial charge >= 0.3 is 24.2 Å².